The lowest BCUT2D eigenvalue weighted by Gasteiger charge is -2.00. The molecule has 0 spiro atoms. The second kappa shape index (κ2) is 3.46. The smallest absolute Gasteiger partial charge is 0.225 e. The maximum atomic E-state index is 11.4. The van der Waals surface area contributed by atoms with Gasteiger partial charge in [-0.15, -0.1) is 11.3 Å². The zero-order valence-corrected chi connectivity index (χ0v) is 8.30. The maximum absolute atomic E-state index is 11.4. The Morgan fingerprint density at radius 3 is 3.15 bits per heavy atom. The van der Waals surface area contributed by atoms with E-state index in [1.807, 2.05) is 0 Å². The summed E-state index contributed by atoms with van der Waals surface area (Å²) >= 11 is 1.53. The van der Waals surface area contributed by atoms with Crippen molar-refractivity contribution in [1.29, 1.82) is 0 Å². The molecular weight excluding hydrogens is 184 g/mol. The molecule has 1 fully saturated rings. The summed E-state index contributed by atoms with van der Waals surface area (Å²) < 4.78 is 0. The van der Waals surface area contributed by atoms with Crippen molar-refractivity contribution in [2.24, 2.45) is 5.92 Å². The Morgan fingerprint density at radius 2 is 2.62 bits per heavy atom. The third kappa shape index (κ3) is 2.28. The minimum Gasteiger partial charge on any atom is -0.353 e. The highest BCUT2D eigenvalue weighted by atomic mass is 32.1. The van der Waals surface area contributed by atoms with Crippen molar-refractivity contribution < 1.29 is 4.79 Å². The number of aromatic nitrogens is 1. The van der Waals surface area contributed by atoms with Crippen LogP contribution >= 0.6 is 11.3 Å². The third-order valence-electron chi connectivity index (χ3n) is 2.27. The van der Waals surface area contributed by atoms with Crippen LogP contribution in [0.15, 0.2) is 11.7 Å². The third-order valence-corrected chi connectivity index (χ3v) is 3.05. The van der Waals surface area contributed by atoms with Crippen LogP contribution in [0.4, 0.5) is 0 Å². The van der Waals surface area contributed by atoms with Crippen LogP contribution in [0, 0.1) is 5.92 Å². The molecule has 70 valence electrons. The van der Waals surface area contributed by atoms with Crippen molar-refractivity contribution in [3.63, 3.8) is 0 Å². The normalized spacial score (nSPS) is 25.6. The fourth-order valence-corrected chi connectivity index (χ4v) is 1.86. The van der Waals surface area contributed by atoms with Crippen molar-refractivity contribution in [3.8, 4) is 0 Å². The molecule has 1 aliphatic rings. The lowest BCUT2D eigenvalue weighted by Crippen LogP contribution is -2.27. The molecule has 0 radical (unpaired) electrons. The van der Waals surface area contributed by atoms with E-state index in [0.29, 0.717) is 18.4 Å². The lowest BCUT2D eigenvalue weighted by atomic mass is 10.3. The molecule has 0 aliphatic heterocycles. The number of carbonyl (C=O) groups is 1. The van der Waals surface area contributed by atoms with E-state index in [1.165, 1.54) is 11.3 Å². The molecule has 1 heterocycles. The van der Waals surface area contributed by atoms with Gasteiger partial charge in [0.1, 0.15) is 0 Å². The molecule has 2 atom stereocenters. The average molecular weight is 196 g/mol. The fourth-order valence-electron chi connectivity index (χ4n) is 1.27. The summed E-state index contributed by atoms with van der Waals surface area (Å²) in [5, 5.41) is 2.98. The molecule has 1 aliphatic carbocycles. The summed E-state index contributed by atoms with van der Waals surface area (Å²) in [5.41, 5.74) is 1.75. The Kier molecular flexibility index (Phi) is 2.31. The van der Waals surface area contributed by atoms with E-state index in [1.54, 1.807) is 11.7 Å². The van der Waals surface area contributed by atoms with E-state index >= 15 is 0 Å². The molecule has 2 rings (SSSR count). The zero-order chi connectivity index (χ0) is 9.26. The van der Waals surface area contributed by atoms with Crippen LogP contribution in [-0.4, -0.2) is 16.9 Å². The van der Waals surface area contributed by atoms with Gasteiger partial charge in [0.05, 0.1) is 11.9 Å². The summed E-state index contributed by atoms with van der Waals surface area (Å²) in [6.45, 7) is 2.15. The number of carbonyl (C=O) groups excluding carboxylic acids is 1. The van der Waals surface area contributed by atoms with Crippen LogP contribution in [0.2, 0.25) is 0 Å². The monoisotopic (exact) mass is 196 g/mol. The Balaban J connectivity index is 1.79. The Labute approximate surface area is 81.2 Å². The fraction of sp³-hybridized carbons (Fsp3) is 0.556. The molecule has 4 heteroatoms. The van der Waals surface area contributed by atoms with Crippen molar-refractivity contribution >= 4 is 17.2 Å². The van der Waals surface area contributed by atoms with Crippen molar-refractivity contribution in [3.05, 3.63) is 16.6 Å². The summed E-state index contributed by atoms with van der Waals surface area (Å²) in [7, 11) is 0. The Morgan fingerprint density at radius 1 is 1.85 bits per heavy atom. The van der Waals surface area contributed by atoms with Gasteiger partial charge in [-0.05, 0) is 12.3 Å². The first-order chi connectivity index (χ1) is 6.25. The van der Waals surface area contributed by atoms with E-state index in [0.717, 1.165) is 11.3 Å². The molecule has 3 nitrogen and oxygen atoms in total. The van der Waals surface area contributed by atoms with Crippen LogP contribution in [0.25, 0.3) is 0 Å². The average Bonchev–Trinajstić information content (AvgIpc) is 2.61. The second-order valence-corrected chi connectivity index (χ2v) is 4.50. The topological polar surface area (TPSA) is 42.0 Å². The number of rotatable bonds is 3. The first-order valence-electron chi connectivity index (χ1n) is 4.42. The van der Waals surface area contributed by atoms with Crippen LogP contribution in [0.5, 0.6) is 0 Å². The zero-order valence-electron chi connectivity index (χ0n) is 7.49. The molecular formula is C9H12N2OS. The van der Waals surface area contributed by atoms with E-state index in [9.17, 15) is 4.79 Å². The Bertz CT molecular complexity index is 297. The molecule has 0 bridgehead atoms. The van der Waals surface area contributed by atoms with Gasteiger partial charge in [0.15, 0.2) is 0 Å². The van der Waals surface area contributed by atoms with Gasteiger partial charge in [-0.3, -0.25) is 9.78 Å². The summed E-state index contributed by atoms with van der Waals surface area (Å²) in [6.07, 6.45) is 3.36. The van der Waals surface area contributed by atoms with Gasteiger partial charge in [0.25, 0.3) is 0 Å². The first kappa shape index (κ1) is 8.69. The summed E-state index contributed by atoms with van der Waals surface area (Å²) in [4.78, 5) is 16.3. The molecule has 1 aromatic heterocycles. The Hall–Kier alpha value is -0.900. The van der Waals surface area contributed by atoms with Gasteiger partial charge < -0.3 is 5.32 Å². The maximum Gasteiger partial charge on any atom is 0.225 e. The van der Waals surface area contributed by atoms with E-state index in [2.05, 4.69) is 17.2 Å². The predicted molar refractivity (Wildman–Crippen MR) is 51.5 cm³/mol. The number of hydrogen-bond donors (Lipinski definition) is 1. The molecule has 1 amide bonds. The molecule has 1 aromatic rings. The molecule has 1 N–H and O–H groups in total. The van der Waals surface area contributed by atoms with Crippen LogP contribution in [-0.2, 0) is 11.2 Å². The minimum atomic E-state index is 0.124. The first-order valence-corrected chi connectivity index (χ1v) is 5.30. The van der Waals surface area contributed by atoms with Gasteiger partial charge in [-0.1, -0.05) is 6.92 Å². The van der Waals surface area contributed by atoms with Crippen LogP contribution in [0.3, 0.4) is 0 Å². The molecule has 1 saturated carbocycles. The quantitative estimate of drug-likeness (QED) is 0.789. The molecule has 0 saturated heterocycles. The minimum absolute atomic E-state index is 0.124. The van der Waals surface area contributed by atoms with E-state index in [4.69, 9.17) is 0 Å². The lowest BCUT2D eigenvalue weighted by molar-refractivity contribution is -0.120. The van der Waals surface area contributed by atoms with Gasteiger partial charge in [0, 0.05) is 17.1 Å². The molecule has 0 aromatic carbocycles. The largest absolute Gasteiger partial charge is 0.353 e. The molecule has 0 unspecified atom stereocenters. The SMILES string of the molecule is C[C@@H]1C[C@H]1NC(=O)Cc1cncs1. The van der Waals surface area contributed by atoms with Crippen molar-refractivity contribution in [2.75, 3.05) is 0 Å². The highest BCUT2D eigenvalue weighted by Crippen LogP contribution is 2.28. The molecule has 13 heavy (non-hydrogen) atoms. The number of nitrogens with zero attached hydrogens (tertiary/aromatic N) is 1. The van der Waals surface area contributed by atoms with Gasteiger partial charge >= 0.3 is 0 Å². The highest BCUT2D eigenvalue weighted by molar-refractivity contribution is 7.09. The van der Waals surface area contributed by atoms with Crippen molar-refractivity contribution in [2.45, 2.75) is 25.8 Å². The van der Waals surface area contributed by atoms with E-state index in [-0.39, 0.29) is 5.91 Å². The highest BCUT2D eigenvalue weighted by Gasteiger charge is 2.33. The predicted octanol–water partition coefficient (Wildman–Crippen LogP) is 1.21. The number of amides is 1. The van der Waals surface area contributed by atoms with Crippen LogP contribution < -0.4 is 5.32 Å². The van der Waals surface area contributed by atoms with Crippen molar-refractivity contribution in [1.82, 2.24) is 10.3 Å². The standard InChI is InChI=1S/C9H12N2OS/c1-6-2-8(6)11-9(12)3-7-4-10-5-13-7/h4-6,8H,2-3H2,1H3,(H,11,12)/t6-,8-/m1/s1. The number of hydrogen-bond acceptors (Lipinski definition) is 3. The summed E-state index contributed by atoms with van der Waals surface area (Å²) in [5.74, 6) is 0.795. The number of nitrogens with one attached hydrogen (secondary N) is 1. The summed E-state index contributed by atoms with van der Waals surface area (Å²) in [6, 6.07) is 0.431. The number of thiazole rings is 1. The van der Waals surface area contributed by atoms with Gasteiger partial charge in [-0.2, -0.15) is 0 Å². The van der Waals surface area contributed by atoms with E-state index < -0.39 is 0 Å². The van der Waals surface area contributed by atoms with Crippen LogP contribution in [0.1, 0.15) is 18.2 Å². The second-order valence-electron chi connectivity index (χ2n) is 3.53. The van der Waals surface area contributed by atoms with Gasteiger partial charge in [0.2, 0.25) is 5.91 Å². The van der Waals surface area contributed by atoms with Gasteiger partial charge in [-0.25, -0.2) is 0 Å².